The zero-order valence-electron chi connectivity index (χ0n) is 21.3. The molecular formula is C27H33N7O2. The first kappa shape index (κ1) is 25.0. The van der Waals surface area contributed by atoms with Crippen LogP contribution in [0.25, 0.3) is 16.9 Å². The fourth-order valence-electron chi connectivity index (χ4n) is 3.64. The highest BCUT2D eigenvalue weighted by molar-refractivity contribution is 5.95. The quantitative estimate of drug-likeness (QED) is 0.423. The molecule has 1 fully saturated rings. The van der Waals surface area contributed by atoms with Gasteiger partial charge in [0.05, 0.1) is 11.9 Å². The van der Waals surface area contributed by atoms with Gasteiger partial charge in [-0.15, -0.1) is 0 Å². The maximum Gasteiger partial charge on any atom is 0.316 e. The maximum absolute atomic E-state index is 12.4. The van der Waals surface area contributed by atoms with Crippen LogP contribution in [0, 0.1) is 17.8 Å². The molecule has 3 N–H and O–H groups in total. The molecule has 0 spiro atoms. The highest BCUT2D eigenvalue weighted by Gasteiger charge is 2.23. The number of anilines is 1. The Morgan fingerprint density at radius 1 is 1.22 bits per heavy atom. The fraction of sp³-hybridized carbons (Fsp3) is 0.407. The number of nitrogens with zero attached hydrogens (tertiary/aromatic N) is 4. The van der Waals surface area contributed by atoms with E-state index in [1.54, 1.807) is 19.0 Å². The molecular weight excluding hydrogens is 454 g/mol. The second-order valence-corrected chi connectivity index (χ2v) is 9.44. The molecule has 0 saturated heterocycles. The Morgan fingerprint density at radius 2 is 1.97 bits per heavy atom. The number of carbonyl (C=O) groups is 2. The van der Waals surface area contributed by atoms with E-state index >= 15 is 0 Å². The first-order chi connectivity index (χ1) is 17.4. The van der Waals surface area contributed by atoms with Crippen molar-refractivity contribution in [1.82, 2.24) is 29.9 Å². The van der Waals surface area contributed by atoms with E-state index in [1.807, 2.05) is 41.1 Å². The second kappa shape index (κ2) is 11.1. The van der Waals surface area contributed by atoms with Gasteiger partial charge in [-0.3, -0.25) is 9.20 Å². The van der Waals surface area contributed by atoms with Gasteiger partial charge >= 0.3 is 6.03 Å². The lowest BCUT2D eigenvalue weighted by atomic mass is 10.1. The van der Waals surface area contributed by atoms with Crippen molar-refractivity contribution in [3.05, 3.63) is 47.9 Å². The number of fused-ring (bicyclic) bond motifs is 1. The van der Waals surface area contributed by atoms with E-state index in [2.05, 4.69) is 46.6 Å². The van der Waals surface area contributed by atoms with E-state index in [9.17, 15) is 9.59 Å². The summed E-state index contributed by atoms with van der Waals surface area (Å²) in [5, 5.41) is 9.01. The molecule has 1 aromatic carbocycles. The number of amides is 3. The molecule has 36 heavy (non-hydrogen) atoms. The fourth-order valence-corrected chi connectivity index (χ4v) is 3.64. The van der Waals surface area contributed by atoms with Crippen molar-refractivity contribution in [1.29, 1.82) is 0 Å². The Kier molecular flexibility index (Phi) is 7.74. The van der Waals surface area contributed by atoms with E-state index in [4.69, 9.17) is 4.98 Å². The smallest absolute Gasteiger partial charge is 0.316 e. The average Bonchev–Trinajstić information content (AvgIpc) is 3.59. The number of hydrogen-bond donors (Lipinski definition) is 3. The molecule has 4 rings (SSSR count). The number of imidazole rings is 1. The van der Waals surface area contributed by atoms with Crippen LogP contribution in [0.2, 0.25) is 0 Å². The molecule has 1 aliphatic carbocycles. The molecule has 2 aromatic heterocycles. The Labute approximate surface area is 211 Å². The minimum absolute atomic E-state index is 0.0359. The van der Waals surface area contributed by atoms with Gasteiger partial charge in [-0.2, -0.15) is 0 Å². The molecule has 9 nitrogen and oxygen atoms in total. The van der Waals surface area contributed by atoms with Crippen LogP contribution >= 0.6 is 0 Å². The van der Waals surface area contributed by atoms with Gasteiger partial charge in [0.15, 0.2) is 11.5 Å². The molecule has 0 aliphatic heterocycles. The Hall–Kier alpha value is -4.06. The van der Waals surface area contributed by atoms with Crippen LogP contribution < -0.4 is 16.0 Å². The normalized spacial score (nSPS) is 12.7. The summed E-state index contributed by atoms with van der Waals surface area (Å²) in [6.45, 7) is 5.54. The molecule has 9 heteroatoms. The van der Waals surface area contributed by atoms with E-state index < -0.39 is 0 Å². The molecule has 188 valence electrons. The van der Waals surface area contributed by atoms with E-state index in [0.29, 0.717) is 47.6 Å². The summed E-state index contributed by atoms with van der Waals surface area (Å²) < 4.78 is 1.98. The summed E-state index contributed by atoms with van der Waals surface area (Å²) in [6, 6.07) is 7.74. The number of carbonyl (C=O) groups excluding carboxylic acids is 2. The summed E-state index contributed by atoms with van der Waals surface area (Å²) >= 11 is 0. The third kappa shape index (κ3) is 6.13. The van der Waals surface area contributed by atoms with Crippen molar-refractivity contribution in [3.8, 4) is 23.1 Å². The highest BCUT2D eigenvalue weighted by Crippen LogP contribution is 2.25. The Morgan fingerprint density at radius 3 is 2.64 bits per heavy atom. The van der Waals surface area contributed by atoms with Crippen LogP contribution in [0.4, 0.5) is 10.6 Å². The van der Waals surface area contributed by atoms with Gasteiger partial charge in [0, 0.05) is 57.0 Å². The van der Waals surface area contributed by atoms with Crippen molar-refractivity contribution in [3.63, 3.8) is 0 Å². The number of benzene rings is 1. The molecule has 3 aromatic rings. The minimum atomic E-state index is -0.143. The summed E-state index contributed by atoms with van der Waals surface area (Å²) in [5.41, 5.74) is 3.80. The summed E-state index contributed by atoms with van der Waals surface area (Å²) in [5.74, 6) is 7.32. The van der Waals surface area contributed by atoms with Gasteiger partial charge in [0.1, 0.15) is 5.69 Å². The van der Waals surface area contributed by atoms with Gasteiger partial charge in [-0.1, -0.05) is 31.9 Å². The monoisotopic (exact) mass is 487 g/mol. The molecule has 0 radical (unpaired) electrons. The van der Waals surface area contributed by atoms with Crippen LogP contribution in [0.1, 0.15) is 49.2 Å². The summed E-state index contributed by atoms with van der Waals surface area (Å²) in [7, 11) is 3.34. The van der Waals surface area contributed by atoms with Crippen molar-refractivity contribution < 1.29 is 9.59 Å². The van der Waals surface area contributed by atoms with Crippen molar-refractivity contribution in [2.24, 2.45) is 5.92 Å². The van der Waals surface area contributed by atoms with Crippen LogP contribution in [0.3, 0.4) is 0 Å². The van der Waals surface area contributed by atoms with E-state index in [-0.39, 0.29) is 11.9 Å². The zero-order valence-corrected chi connectivity index (χ0v) is 21.3. The largest absolute Gasteiger partial charge is 0.367 e. The van der Waals surface area contributed by atoms with Crippen LogP contribution in [0.15, 0.2) is 36.7 Å². The highest BCUT2D eigenvalue weighted by atomic mass is 16.2. The van der Waals surface area contributed by atoms with E-state index in [0.717, 1.165) is 30.6 Å². The Balaban J connectivity index is 1.61. The lowest BCUT2D eigenvalue weighted by Gasteiger charge is -2.14. The molecule has 0 unspecified atom stereocenters. The van der Waals surface area contributed by atoms with Gasteiger partial charge < -0.3 is 20.9 Å². The van der Waals surface area contributed by atoms with Gasteiger partial charge in [0.2, 0.25) is 0 Å². The maximum atomic E-state index is 12.4. The molecule has 1 aliphatic rings. The number of nitrogens with one attached hydrogen (secondary N) is 3. The third-order valence-corrected chi connectivity index (χ3v) is 5.87. The van der Waals surface area contributed by atoms with Gasteiger partial charge in [-0.25, -0.2) is 14.8 Å². The second-order valence-electron chi connectivity index (χ2n) is 9.44. The summed E-state index contributed by atoms with van der Waals surface area (Å²) in [4.78, 5) is 34.9. The van der Waals surface area contributed by atoms with Crippen molar-refractivity contribution in [2.75, 3.05) is 32.5 Å². The van der Waals surface area contributed by atoms with Crippen molar-refractivity contribution in [2.45, 2.75) is 39.2 Å². The molecule has 1 saturated carbocycles. The molecule has 0 bridgehead atoms. The Bertz CT molecular complexity index is 1300. The third-order valence-electron chi connectivity index (χ3n) is 5.87. The SMILES string of the molecule is CNC(=O)N(C)CCC#Cc1cn2c(-c3ccc(C(=O)NC4CC4)cc3)cnc2c(NCC(C)C)n1. The lowest BCUT2D eigenvalue weighted by molar-refractivity contribution is 0.0951. The number of hydrogen-bond acceptors (Lipinski definition) is 5. The van der Waals surface area contributed by atoms with Gasteiger partial charge in [-0.05, 0) is 36.8 Å². The average molecular weight is 488 g/mol. The van der Waals surface area contributed by atoms with Crippen LogP contribution in [0.5, 0.6) is 0 Å². The molecule has 2 heterocycles. The first-order valence-corrected chi connectivity index (χ1v) is 12.3. The molecule has 3 amide bonds. The van der Waals surface area contributed by atoms with Gasteiger partial charge in [0.25, 0.3) is 5.91 Å². The predicted molar refractivity (Wildman–Crippen MR) is 141 cm³/mol. The molecule has 0 atom stereocenters. The van der Waals surface area contributed by atoms with Crippen LogP contribution in [-0.2, 0) is 0 Å². The number of urea groups is 1. The zero-order chi connectivity index (χ0) is 25.7. The topological polar surface area (TPSA) is 104 Å². The number of rotatable bonds is 8. The minimum Gasteiger partial charge on any atom is -0.367 e. The summed E-state index contributed by atoms with van der Waals surface area (Å²) in [6.07, 6.45) is 6.33. The van der Waals surface area contributed by atoms with E-state index in [1.165, 1.54) is 0 Å². The first-order valence-electron chi connectivity index (χ1n) is 12.3. The predicted octanol–water partition coefficient (Wildman–Crippen LogP) is 3.37. The van der Waals surface area contributed by atoms with Crippen LogP contribution in [-0.4, -0.2) is 64.4 Å². The lowest BCUT2D eigenvalue weighted by Crippen LogP contribution is -2.35. The van der Waals surface area contributed by atoms with Crippen molar-refractivity contribution >= 4 is 23.4 Å². The standard InChI is InChI=1S/C27H33N7O2/c1-18(2)15-29-24-25-30-16-23(19-8-10-20(11-9-19)26(35)32-21-12-13-21)34(25)17-22(31-24)7-5-6-14-33(4)27(36)28-3/h8-11,16-18,21H,6,12-15H2,1-4H3,(H,28,36)(H,29,31)(H,32,35). The number of aromatic nitrogens is 3.